The van der Waals surface area contributed by atoms with Gasteiger partial charge in [-0.25, -0.2) is 9.78 Å². The van der Waals surface area contributed by atoms with Gasteiger partial charge in [0.1, 0.15) is 0 Å². The van der Waals surface area contributed by atoms with E-state index < -0.39 is 5.97 Å². The van der Waals surface area contributed by atoms with E-state index in [9.17, 15) is 4.79 Å². The molecule has 6 heteroatoms. The van der Waals surface area contributed by atoms with Crippen LogP contribution in [0.5, 0.6) is 0 Å². The number of ether oxygens (including phenoxy) is 2. The van der Waals surface area contributed by atoms with E-state index in [0.29, 0.717) is 30.2 Å². The summed E-state index contributed by atoms with van der Waals surface area (Å²) in [4.78, 5) is 18.1. The Balaban J connectivity index is 2.35. The molecule has 1 atom stereocenters. The van der Waals surface area contributed by atoms with Crippen molar-refractivity contribution < 1.29 is 14.3 Å². The SMILES string of the molecule is COC(=O)c1ccnc(N2CC(C)OC(C)(C)C2)c1N. The van der Waals surface area contributed by atoms with Gasteiger partial charge in [-0.05, 0) is 26.8 Å². The summed E-state index contributed by atoms with van der Waals surface area (Å²) in [5.41, 5.74) is 6.49. The van der Waals surface area contributed by atoms with Gasteiger partial charge in [-0.15, -0.1) is 0 Å². The molecule has 1 aromatic heterocycles. The van der Waals surface area contributed by atoms with Gasteiger partial charge in [-0.1, -0.05) is 0 Å². The van der Waals surface area contributed by atoms with Crippen molar-refractivity contribution in [3.63, 3.8) is 0 Å². The van der Waals surface area contributed by atoms with Gasteiger partial charge in [0, 0.05) is 19.3 Å². The topological polar surface area (TPSA) is 77.7 Å². The van der Waals surface area contributed by atoms with E-state index in [1.54, 1.807) is 12.3 Å². The molecule has 2 heterocycles. The van der Waals surface area contributed by atoms with Crippen LogP contribution in [0, 0.1) is 0 Å². The molecule has 1 aromatic rings. The van der Waals surface area contributed by atoms with Crippen LogP contribution in [0.1, 0.15) is 31.1 Å². The maximum Gasteiger partial charge on any atom is 0.340 e. The number of nitrogen functional groups attached to an aromatic ring is 1. The second-order valence-electron chi connectivity index (χ2n) is 5.66. The molecule has 0 bridgehead atoms. The standard InChI is InChI=1S/C14H21N3O3/c1-9-7-17(8-14(2,3)20-9)12-11(15)10(5-6-16-12)13(18)19-4/h5-6,9H,7-8,15H2,1-4H3. The lowest BCUT2D eigenvalue weighted by Crippen LogP contribution is -2.52. The fourth-order valence-electron chi connectivity index (χ4n) is 2.62. The monoisotopic (exact) mass is 279 g/mol. The quantitative estimate of drug-likeness (QED) is 0.826. The van der Waals surface area contributed by atoms with Gasteiger partial charge < -0.3 is 20.1 Å². The smallest absolute Gasteiger partial charge is 0.340 e. The van der Waals surface area contributed by atoms with Crippen LogP contribution in [0.2, 0.25) is 0 Å². The van der Waals surface area contributed by atoms with Crippen molar-refractivity contribution in [3.8, 4) is 0 Å². The summed E-state index contributed by atoms with van der Waals surface area (Å²) in [6.45, 7) is 7.41. The van der Waals surface area contributed by atoms with Crippen molar-refractivity contribution in [2.75, 3.05) is 30.8 Å². The third-order valence-corrected chi connectivity index (χ3v) is 3.24. The van der Waals surface area contributed by atoms with E-state index in [0.717, 1.165) is 0 Å². The van der Waals surface area contributed by atoms with Crippen molar-refractivity contribution in [1.29, 1.82) is 0 Å². The van der Waals surface area contributed by atoms with Crippen molar-refractivity contribution in [2.24, 2.45) is 0 Å². The second kappa shape index (κ2) is 5.28. The van der Waals surface area contributed by atoms with Gasteiger partial charge in [0.15, 0.2) is 5.82 Å². The minimum absolute atomic E-state index is 0.0710. The lowest BCUT2D eigenvalue weighted by atomic mass is 10.0. The molecule has 0 amide bonds. The molecule has 6 nitrogen and oxygen atoms in total. The number of carbonyl (C=O) groups excluding carboxylic acids is 1. The maximum atomic E-state index is 11.7. The molecular weight excluding hydrogens is 258 g/mol. The molecule has 20 heavy (non-hydrogen) atoms. The average Bonchev–Trinajstić information content (AvgIpc) is 2.35. The Labute approximate surface area is 118 Å². The highest BCUT2D eigenvalue weighted by Crippen LogP contribution is 2.30. The van der Waals surface area contributed by atoms with Crippen molar-refractivity contribution in [3.05, 3.63) is 17.8 Å². The van der Waals surface area contributed by atoms with E-state index in [-0.39, 0.29) is 11.7 Å². The second-order valence-corrected chi connectivity index (χ2v) is 5.66. The van der Waals surface area contributed by atoms with E-state index in [1.807, 2.05) is 20.8 Å². The van der Waals surface area contributed by atoms with E-state index in [2.05, 4.69) is 9.88 Å². The summed E-state index contributed by atoms with van der Waals surface area (Å²) in [7, 11) is 1.34. The van der Waals surface area contributed by atoms with Gasteiger partial charge in [0.05, 0.1) is 30.1 Å². The van der Waals surface area contributed by atoms with Crippen molar-refractivity contribution in [2.45, 2.75) is 32.5 Å². The number of rotatable bonds is 2. The fraction of sp³-hybridized carbons (Fsp3) is 0.571. The zero-order chi connectivity index (χ0) is 14.9. The van der Waals surface area contributed by atoms with E-state index >= 15 is 0 Å². The molecule has 1 saturated heterocycles. The minimum Gasteiger partial charge on any atom is -0.465 e. The molecule has 1 unspecified atom stereocenters. The number of nitrogens with zero attached hydrogens (tertiary/aromatic N) is 2. The lowest BCUT2D eigenvalue weighted by Gasteiger charge is -2.42. The molecule has 110 valence electrons. The molecule has 1 aliphatic heterocycles. The Morgan fingerprint density at radius 1 is 1.60 bits per heavy atom. The highest BCUT2D eigenvalue weighted by atomic mass is 16.5. The lowest BCUT2D eigenvalue weighted by molar-refractivity contribution is -0.0751. The molecule has 0 saturated carbocycles. The van der Waals surface area contributed by atoms with Gasteiger partial charge in [0.2, 0.25) is 0 Å². The highest BCUT2D eigenvalue weighted by Gasteiger charge is 2.33. The predicted octanol–water partition coefficient (Wildman–Crippen LogP) is 1.45. The Hall–Kier alpha value is -1.82. The van der Waals surface area contributed by atoms with Crippen LogP contribution in [0.3, 0.4) is 0 Å². The van der Waals surface area contributed by atoms with E-state index in [1.165, 1.54) is 7.11 Å². The summed E-state index contributed by atoms with van der Waals surface area (Å²) in [5.74, 6) is 0.155. The molecule has 0 spiro atoms. The number of aromatic nitrogens is 1. The summed E-state index contributed by atoms with van der Waals surface area (Å²) in [6.07, 6.45) is 1.65. The Morgan fingerprint density at radius 2 is 2.30 bits per heavy atom. The van der Waals surface area contributed by atoms with E-state index in [4.69, 9.17) is 15.2 Å². The molecule has 0 radical (unpaired) electrons. The number of morpholine rings is 1. The van der Waals surface area contributed by atoms with Crippen LogP contribution in [0.4, 0.5) is 11.5 Å². The van der Waals surface area contributed by atoms with Gasteiger partial charge in [-0.2, -0.15) is 0 Å². The number of hydrogen-bond donors (Lipinski definition) is 1. The zero-order valence-corrected chi connectivity index (χ0v) is 12.3. The molecule has 2 rings (SSSR count). The largest absolute Gasteiger partial charge is 0.465 e. The van der Waals surface area contributed by atoms with Gasteiger partial charge in [0.25, 0.3) is 0 Å². The first-order valence-electron chi connectivity index (χ1n) is 6.59. The first kappa shape index (κ1) is 14.6. The van der Waals surface area contributed by atoms with Crippen molar-refractivity contribution in [1.82, 2.24) is 4.98 Å². The normalized spacial score (nSPS) is 21.6. The summed E-state index contributed by atoms with van der Waals surface area (Å²) >= 11 is 0. The third-order valence-electron chi connectivity index (χ3n) is 3.24. The molecule has 0 aliphatic carbocycles. The van der Waals surface area contributed by atoms with Crippen LogP contribution >= 0.6 is 0 Å². The van der Waals surface area contributed by atoms with Crippen molar-refractivity contribution >= 4 is 17.5 Å². The van der Waals surface area contributed by atoms with Crippen LogP contribution in [0.15, 0.2) is 12.3 Å². The van der Waals surface area contributed by atoms with Crippen LogP contribution in [-0.4, -0.2) is 42.9 Å². The number of hydrogen-bond acceptors (Lipinski definition) is 6. The number of pyridine rings is 1. The number of carbonyl (C=O) groups is 1. The Kier molecular flexibility index (Phi) is 3.85. The average molecular weight is 279 g/mol. The van der Waals surface area contributed by atoms with Crippen LogP contribution < -0.4 is 10.6 Å². The first-order valence-corrected chi connectivity index (χ1v) is 6.59. The molecule has 0 aromatic carbocycles. The fourth-order valence-corrected chi connectivity index (χ4v) is 2.62. The molecule has 1 fully saturated rings. The number of anilines is 2. The number of nitrogens with two attached hydrogens (primary N) is 1. The summed E-state index contributed by atoms with van der Waals surface area (Å²) < 4.78 is 10.6. The Morgan fingerprint density at radius 3 is 2.90 bits per heavy atom. The summed E-state index contributed by atoms with van der Waals surface area (Å²) in [5, 5.41) is 0. The Bertz CT molecular complexity index is 516. The molecule has 1 aliphatic rings. The zero-order valence-electron chi connectivity index (χ0n) is 12.3. The van der Waals surface area contributed by atoms with Crippen LogP contribution in [0.25, 0.3) is 0 Å². The highest BCUT2D eigenvalue weighted by molar-refractivity contribution is 5.97. The summed E-state index contributed by atoms with van der Waals surface area (Å²) in [6, 6.07) is 1.57. The third kappa shape index (κ3) is 2.85. The van der Waals surface area contributed by atoms with Gasteiger partial charge in [-0.3, -0.25) is 0 Å². The first-order chi connectivity index (χ1) is 9.34. The van der Waals surface area contributed by atoms with Gasteiger partial charge >= 0.3 is 5.97 Å². The maximum absolute atomic E-state index is 11.7. The molecule has 2 N–H and O–H groups in total. The number of methoxy groups -OCH3 is 1. The number of esters is 1. The predicted molar refractivity (Wildman–Crippen MR) is 76.8 cm³/mol. The minimum atomic E-state index is -0.452. The van der Waals surface area contributed by atoms with Crippen LogP contribution in [-0.2, 0) is 9.47 Å². The molecular formula is C14H21N3O3.